The van der Waals surface area contributed by atoms with Crippen LogP contribution in [0.5, 0.6) is 11.6 Å². The SMILES string of the molecule is COc1ccc(C(=O)N=Nc2c(O)n(C)c3ccccc23)cc1. The molecular weight excluding hydrogens is 294 g/mol. The summed E-state index contributed by atoms with van der Waals surface area (Å²) < 4.78 is 6.64. The van der Waals surface area contributed by atoms with Crippen LogP contribution in [0.3, 0.4) is 0 Å². The molecule has 0 aliphatic carbocycles. The number of hydrogen-bond acceptors (Lipinski definition) is 4. The summed E-state index contributed by atoms with van der Waals surface area (Å²) in [6, 6.07) is 14.0. The summed E-state index contributed by atoms with van der Waals surface area (Å²) in [5.41, 5.74) is 1.50. The molecule has 0 radical (unpaired) electrons. The molecule has 6 heteroatoms. The molecule has 116 valence electrons. The van der Waals surface area contributed by atoms with Crippen molar-refractivity contribution in [3.8, 4) is 11.6 Å². The fourth-order valence-electron chi connectivity index (χ4n) is 2.35. The summed E-state index contributed by atoms with van der Waals surface area (Å²) in [4.78, 5) is 12.1. The van der Waals surface area contributed by atoms with Crippen LogP contribution in [0.2, 0.25) is 0 Å². The first-order chi connectivity index (χ1) is 11.1. The zero-order chi connectivity index (χ0) is 16.4. The van der Waals surface area contributed by atoms with Gasteiger partial charge in [-0.15, -0.1) is 10.2 Å². The van der Waals surface area contributed by atoms with Crippen molar-refractivity contribution in [1.29, 1.82) is 0 Å². The lowest BCUT2D eigenvalue weighted by molar-refractivity contribution is 0.0995. The van der Waals surface area contributed by atoms with E-state index in [1.54, 1.807) is 43.0 Å². The predicted octanol–water partition coefficient (Wildman–Crippen LogP) is 3.82. The molecule has 0 spiro atoms. The fraction of sp³-hybridized carbons (Fsp3) is 0.118. The molecule has 0 atom stereocenters. The van der Waals surface area contributed by atoms with E-state index in [2.05, 4.69) is 10.2 Å². The molecule has 23 heavy (non-hydrogen) atoms. The van der Waals surface area contributed by atoms with Crippen LogP contribution >= 0.6 is 0 Å². The summed E-state index contributed by atoms with van der Waals surface area (Å²) >= 11 is 0. The Bertz CT molecular complexity index is 895. The van der Waals surface area contributed by atoms with Gasteiger partial charge in [0.05, 0.1) is 12.6 Å². The number of rotatable bonds is 3. The van der Waals surface area contributed by atoms with Crippen molar-refractivity contribution < 1.29 is 14.6 Å². The lowest BCUT2D eigenvalue weighted by Gasteiger charge is -1.99. The van der Waals surface area contributed by atoms with Crippen molar-refractivity contribution in [1.82, 2.24) is 4.57 Å². The van der Waals surface area contributed by atoms with Gasteiger partial charge in [0.15, 0.2) is 5.69 Å². The number of fused-ring (bicyclic) bond motifs is 1. The zero-order valence-electron chi connectivity index (χ0n) is 12.7. The first-order valence-electron chi connectivity index (χ1n) is 6.98. The minimum atomic E-state index is -0.486. The van der Waals surface area contributed by atoms with Crippen molar-refractivity contribution in [2.75, 3.05) is 7.11 Å². The van der Waals surface area contributed by atoms with Crippen LogP contribution in [0.15, 0.2) is 58.8 Å². The van der Waals surface area contributed by atoms with E-state index in [0.717, 1.165) is 10.9 Å². The molecule has 3 aromatic rings. The highest BCUT2D eigenvalue weighted by Crippen LogP contribution is 2.37. The monoisotopic (exact) mass is 309 g/mol. The third-order valence-corrected chi connectivity index (χ3v) is 3.63. The average molecular weight is 309 g/mol. The molecule has 0 saturated heterocycles. The number of carbonyl (C=O) groups is 1. The Kier molecular flexibility index (Phi) is 3.80. The Morgan fingerprint density at radius 1 is 1.13 bits per heavy atom. The van der Waals surface area contributed by atoms with E-state index in [1.807, 2.05) is 24.3 Å². The number of carbonyl (C=O) groups excluding carboxylic acids is 1. The second-order valence-electron chi connectivity index (χ2n) is 4.98. The Hall–Kier alpha value is -3.15. The summed E-state index contributed by atoms with van der Waals surface area (Å²) in [6.07, 6.45) is 0. The van der Waals surface area contributed by atoms with Crippen molar-refractivity contribution in [3.63, 3.8) is 0 Å². The van der Waals surface area contributed by atoms with Gasteiger partial charge in [-0.05, 0) is 30.3 Å². The van der Waals surface area contributed by atoms with Gasteiger partial charge in [0.1, 0.15) is 5.75 Å². The summed E-state index contributed by atoms with van der Waals surface area (Å²) in [7, 11) is 3.28. The van der Waals surface area contributed by atoms with Crippen LogP contribution in [0, 0.1) is 0 Å². The van der Waals surface area contributed by atoms with Gasteiger partial charge in [-0.3, -0.25) is 4.79 Å². The second-order valence-corrected chi connectivity index (χ2v) is 4.98. The molecule has 0 saturated carbocycles. The van der Waals surface area contributed by atoms with Gasteiger partial charge in [-0.2, -0.15) is 0 Å². The average Bonchev–Trinajstić information content (AvgIpc) is 2.84. The Labute approximate surface area is 132 Å². The van der Waals surface area contributed by atoms with Crippen molar-refractivity contribution in [2.45, 2.75) is 0 Å². The van der Waals surface area contributed by atoms with Crippen LogP contribution in [-0.2, 0) is 7.05 Å². The predicted molar refractivity (Wildman–Crippen MR) is 86.4 cm³/mol. The van der Waals surface area contributed by atoms with Gasteiger partial charge in [0, 0.05) is 18.0 Å². The van der Waals surface area contributed by atoms with E-state index in [-0.39, 0.29) is 11.6 Å². The van der Waals surface area contributed by atoms with E-state index in [9.17, 15) is 9.90 Å². The first kappa shape index (κ1) is 14.8. The number of azo groups is 1. The minimum absolute atomic E-state index is 0.0301. The summed E-state index contributed by atoms with van der Waals surface area (Å²) in [6.45, 7) is 0. The number of benzene rings is 2. The van der Waals surface area contributed by atoms with Crippen LogP contribution in [0.1, 0.15) is 10.4 Å². The number of nitrogens with zero attached hydrogens (tertiary/aromatic N) is 3. The maximum absolute atomic E-state index is 12.1. The third kappa shape index (κ3) is 2.66. The molecule has 0 fully saturated rings. The zero-order valence-corrected chi connectivity index (χ0v) is 12.7. The van der Waals surface area contributed by atoms with Crippen molar-refractivity contribution in [3.05, 3.63) is 54.1 Å². The quantitative estimate of drug-likeness (QED) is 0.747. The van der Waals surface area contributed by atoms with E-state index in [1.165, 1.54) is 0 Å². The van der Waals surface area contributed by atoms with Crippen LogP contribution < -0.4 is 4.74 Å². The Morgan fingerprint density at radius 2 is 1.83 bits per heavy atom. The van der Waals surface area contributed by atoms with Gasteiger partial charge in [-0.25, -0.2) is 0 Å². The maximum Gasteiger partial charge on any atom is 0.295 e. The number of aryl methyl sites for hydroxylation is 1. The Balaban J connectivity index is 1.93. The minimum Gasteiger partial charge on any atom is -0.497 e. The molecule has 0 aliphatic heterocycles. The van der Waals surface area contributed by atoms with Gasteiger partial charge in [-0.1, -0.05) is 18.2 Å². The summed E-state index contributed by atoms with van der Waals surface area (Å²) in [5.74, 6) is 0.141. The maximum atomic E-state index is 12.1. The molecule has 6 nitrogen and oxygen atoms in total. The smallest absolute Gasteiger partial charge is 0.295 e. The number of para-hydroxylation sites is 1. The van der Waals surface area contributed by atoms with Crippen LogP contribution in [0.4, 0.5) is 5.69 Å². The second kappa shape index (κ2) is 5.92. The topological polar surface area (TPSA) is 76.2 Å². The van der Waals surface area contributed by atoms with Gasteiger partial charge in [0.25, 0.3) is 5.91 Å². The molecule has 0 aliphatic rings. The van der Waals surface area contributed by atoms with E-state index in [0.29, 0.717) is 11.3 Å². The lowest BCUT2D eigenvalue weighted by atomic mass is 10.2. The number of aromatic hydroxyl groups is 1. The van der Waals surface area contributed by atoms with E-state index < -0.39 is 5.91 Å². The largest absolute Gasteiger partial charge is 0.497 e. The number of hydrogen-bond donors (Lipinski definition) is 1. The molecule has 1 N–H and O–H groups in total. The first-order valence-corrected chi connectivity index (χ1v) is 6.98. The molecule has 2 aromatic carbocycles. The standard InChI is InChI=1S/C17H15N3O3/c1-20-14-6-4-3-5-13(14)15(17(20)22)18-19-16(21)11-7-9-12(23-2)10-8-11/h3-10,22H,1-2H3. The number of ether oxygens (including phenoxy) is 1. The normalized spacial score (nSPS) is 11.2. The molecule has 1 heterocycles. The van der Waals surface area contributed by atoms with E-state index >= 15 is 0 Å². The van der Waals surface area contributed by atoms with Gasteiger partial charge in [0.2, 0.25) is 5.88 Å². The molecule has 1 amide bonds. The van der Waals surface area contributed by atoms with E-state index in [4.69, 9.17) is 4.74 Å². The lowest BCUT2D eigenvalue weighted by Crippen LogP contribution is -1.93. The fourth-order valence-corrected chi connectivity index (χ4v) is 2.35. The Morgan fingerprint density at radius 3 is 2.52 bits per heavy atom. The number of amides is 1. The number of methoxy groups -OCH3 is 1. The summed E-state index contributed by atoms with van der Waals surface area (Å²) in [5, 5.41) is 18.6. The van der Waals surface area contributed by atoms with Gasteiger partial charge < -0.3 is 14.4 Å². The molecule has 0 bridgehead atoms. The number of aromatic nitrogens is 1. The molecule has 0 unspecified atom stereocenters. The highest BCUT2D eigenvalue weighted by Gasteiger charge is 2.14. The van der Waals surface area contributed by atoms with Crippen molar-refractivity contribution >= 4 is 22.5 Å². The third-order valence-electron chi connectivity index (χ3n) is 3.63. The molecular formula is C17H15N3O3. The van der Waals surface area contributed by atoms with Crippen LogP contribution in [-0.4, -0.2) is 22.7 Å². The highest BCUT2D eigenvalue weighted by atomic mass is 16.5. The highest BCUT2D eigenvalue weighted by molar-refractivity contribution is 5.97. The van der Waals surface area contributed by atoms with Crippen molar-refractivity contribution in [2.24, 2.45) is 17.3 Å². The van der Waals surface area contributed by atoms with Gasteiger partial charge >= 0.3 is 0 Å². The van der Waals surface area contributed by atoms with Crippen LogP contribution in [0.25, 0.3) is 10.9 Å². The molecule has 3 rings (SSSR count). The molecule has 1 aromatic heterocycles.